The van der Waals surface area contributed by atoms with Gasteiger partial charge in [0.1, 0.15) is 5.82 Å². The minimum atomic E-state index is 0.500. The van der Waals surface area contributed by atoms with Crippen LogP contribution in [0.1, 0.15) is 5.82 Å². The molecule has 1 aromatic rings. The zero-order valence-corrected chi connectivity index (χ0v) is 5.88. The summed E-state index contributed by atoms with van der Waals surface area (Å²) in [4.78, 5) is 3.94. The molecule has 3 N–H and O–H groups in total. The van der Waals surface area contributed by atoms with Gasteiger partial charge in [0.25, 0.3) is 0 Å². The van der Waals surface area contributed by atoms with Gasteiger partial charge in [0, 0.05) is 0 Å². The third-order valence-corrected chi connectivity index (χ3v) is 1.09. The van der Waals surface area contributed by atoms with E-state index in [0.717, 1.165) is 5.82 Å². The van der Waals surface area contributed by atoms with Gasteiger partial charge in [0.15, 0.2) is 0 Å². The maximum absolute atomic E-state index is 4.72. The van der Waals surface area contributed by atoms with Gasteiger partial charge in [-0.15, -0.1) is 0 Å². The lowest BCUT2D eigenvalue weighted by molar-refractivity contribution is 0.763. The van der Waals surface area contributed by atoms with Gasteiger partial charge in [-0.05, 0) is 19.3 Å². The van der Waals surface area contributed by atoms with Crippen LogP contribution in [0.25, 0.3) is 0 Å². The van der Waals surface area contributed by atoms with Gasteiger partial charge in [0.05, 0.1) is 6.54 Å². The highest BCUT2D eigenvalue weighted by atomic mass is 32.1. The van der Waals surface area contributed by atoms with Crippen molar-refractivity contribution in [2.24, 2.45) is 0 Å². The third-order valence-electron chi connectivity index (χ3n) is 0.894. The predicted molar refractivity (Wildman–Crippen MR) is 36.5 cm³/mol. The van der Waals surface area contributed by atoms with Gasteiger partial charge >= 0.3 is 0 Å². The number of hydrogen-bond donors (Lipinski definition) is 3. The molecule has 0 fully saturated rings. The minimum Gasteiger partial charge on any atom is -0.313 e. The second-order valence-corrected chi connectivity index (χ2v) is 2.03. The zero-order chi connectivity index (χ0) is 6.69. The highest BCUT2D eigenvalue weighted by molar-refractivity contribution is 7.71. The molecule has 0 radical (unpaired) electrons. The minimum absolute atomic E-state index is 0.500. The number of nitrogens with one attached hydrogen (secondary N) is 3. The van der Waals surface area contributed by atoms with Gasteiger partial charge in [-0.25, -0.2) is 4.98 Å². The first-order valence-electron chi connectivity index (χ1n) is 2.61. The van der Waals surface area contributed by atoms with Crippen LogP contribution in [0.15, 0.2) is 0 Å². The molecular weight excluding hydrogens is 136 g/mol. The van der Waals surface area contributed by atoms with Crippen molar-refractivity contribution in [2.45, 2.75) is 6.54 Å². The highest BCUT2D eigenvalue weighted by Crippen LogP contribution is 1.83. The molecule has 9 heavy (non-hydrogen) atoms. The summed E-state index contributed by atoms with van der Waals surface area (Å²) in [6.07, 6.45) is 0. The lowest BCUT2D eigenvalue weighted by Gasteiger charge is -1.88. The molecule has 0 amide bonds. The van der Waals surface area contributed by atoms with E-state index in [-0.39, 0.29) is 0 Å². The molecular formula is C4H8N4S. The Balaban J connectivity index is 2.73. The molecule has 0 saturated heterocycles. The molecule has 0 saturated carbocycles. The van der Waals surface area contributed by atoms with Gasteiger partial charge in [0.2, 0.25) is 4.77 Å². The topological polar surface area (TPSA) is 56.5 Å². The van der Waals surface area contributed by atoms with Crippen LogP contribution in [-0.4, -0.2) is 22.2 Å². The summed E-state index contributed by atoms with van der Waals surface area (Å²) in [5, 5.41) is 8.43. The van der Waals surface area contributed by atoms with Crippen LogP contribution in [0.3, 0.4) is 0 Å². The van der Waals surface area contributed by atoms with Gasteiger partial charge in [-0.1, -0.05) is 0 Å². The van der Waals surface area contributed by atoms with Crippen LogP contribution in [0.4, 0.5) is 0 Å². The predicted octanol–water partition coefficient (Wildman–Crippen LogP) is 0.187. The average molecular weight is 144 g/mol. The van der Waals surface area contributed by atoms with Crippen molar-refractivity contribution in [1.82, 2.24) is 20.5 Å². The fraction of sp³-hybridized carbons (Fsp3) is 0.500. The summed E-state index contributed by atoms with van der Waals surface area (Å²) in [5.74, 6) is 0.836. The molecule has 0 atom stereocenters. The molecule has 1 rings (SSSR count). The Morgan fingerprint density at radius 3 is 2.89 bits per heavy atom. The first-order chi connectivity index (χ1) is 4.33. The van der Waals surface area contributed by atoms with E-state index in [0.29, 0.717) is 11.3 Å². The van der Waals surface area contributed by atoms with Crippen molar-refractivity contribution in [3.63, 3.8) is 0 Å². The summed E-state index contributed by atoms with van der Waals surface area (Å²) in [6.45, 7) is 0.715. The Bertz CT molecular complexity index is 224. The Morgan fingerprint density at radius 2 is 2.44 bits per heavy atom. The number of H-pyrrole nitrogens is 2. The smallest absolute Gasteiger partial charge is 0.213 e. The highest BCUT2D eigenvalue weighted by Gasteiger charge is 1.90. The van der Waals surface area contributed by atoms with Crippen LogP contribution in [0.5, 0.6) is 0 Å². The molecule has 0 aliphatic carbocycles. The van der Waals surface area contributed by atoms with Gasteiger partial charge in [-0.2, -0.15) is 0 Å². The molecule has 4 nitrogen and oxygen atoms in total. The fourth-order valence-corrected chi connectivity index (χ4v) is 0.716. The van der Waals surface area contributed by atoms with Crippen molar-refractivity contribution in [1.29, 1.82) is 0 Å². The monoisotopic (exact) mass is 144 g/mol. The second kappa shape index (κ2) is 2.75. The van der Waals surface area contributed by atoms with E-state index in [1.165, 1.54) is 0 Å². The van der Waals surface area contributed by atoms with Crippen molar-refractivity contribution in [2.75, 3.05) is 7.05 Å². The third kappa shape index (κ3) is 1.62. The first kappa shape index (κ1) is 6.44. The molecule has 5 heteroatoms. The molecule has 0 unspecified atom stereocenters. The van der Waals surface area contributed by atoms with Crippen molar-refractivity contribution in [3.05, 3.63) is 10.6 Å². The summed E-state index contributed by atoms with van der Waals surface area (Å²) in [5.41, 5.74) is 0. The van der Waals surface area contributed by atoms with E-state index in [2.05, 4.69) is 20.5 Å². The Kier molecular flexibility index (Phi) is 1.96. The number of nitrogens with zero attached hydrogens (tertiary/aromatic N) is 1. The standard InChI is InChI=1S/C4H8N4S/c1-5-2-3-6-4(9)8-7-3/h5H,2H2,1H3,(H2,6,7,8,9). The Hall–Kier alpha value is -0.680. The maximum Gasteiger partial charge on any atom is 0.213 e. The largest absolute Gasteiger partial charge is 0.313 e. The van der Waals surface area contributed by atoms with Gasteiger partial charge in [-0.3, -0.25) is 10.2 Å². The normalized spacial score (nSPS) is 9.89. The Labute approximate surface area is 57.7 Å². The quantitative estimate of drug-likeness (QED) is 0.519. The van der Waals surface area contributed by atoms with E-state index in [1.54, 1.807) is 0 Å². The van der Waals surface area contributed by atoms with E-state index >= 15 is 0 Å². The fourth-order valence-electron chi connectivity index (χ4n) is 0.555. The van der Waals surface area contributed by atoms with Crippen LogP contribution in [-0.2, 0) is 6.54 Å². The van der Waals surface area contributed by atoms with Gasteiger partial charge < -0.3 is 5.32 Å². The lowest BCUT2D eigenvalue weighted by atomic mass is 10.6. The van der Waals surface area contributed by atoms with E-state index < -0.39 is 0 Å². The Morgan fingerprint density at radius 1 is 1.67 bits per heavy atom. The molecule has 1 aromatic heterocycles. The molecule has 50 valence electrons. The summed E-state index contributed by atoms with van der Waals surface area (Å²) in [6, 6.07) is 0. The van der Waals surface area contributed by atoms with E-state index in [1.807, 2.05) is 7.05 Å². The molecule has 0 aromatic carbocycles. The number of aromatic nitrogens is 3. The summed E-state index contributed by atoms with van der Waals surface area (Å²) < 4.78 is 0.500. The van der Waals surface area contributed by atoms with Crippen molar-refractivity contribution >= 4 is 12.2 Å². The van der Waals surface area contributed by atoms with Crippen LogP contribution >= 0.6 is 12.2 Å². The first-order valence-corrected chi connectivity index (χ1v) is 3.02. The van der Waals surface area contributed by atoms with Crippen molar-refractivity contribution in [3.8, 4) is 0 Å². The van der Waals surface area contributed by atoms with Crippen LogP contribution in [0, 0.1) is 4.77 Å². The SMILES string of the molecule is CNCc1nc(=S)[nH][nH]1. The van der Waals surface area contributed by atoms with Crippen LogP contribution in [0.2, 0.25) is 0 Å². The number of rotatable bonds is 2. The summed E-state index contributed by atoms with van der Waals surface area (Å²) in [7, 11) is 1.85. The van der Waals surface area contributed by atoms with E-state index in [9.17, 15) is 0 Å². The van der Waals surface area contributed by atoms with Crippen LogP contribution < -0.4 is 5.32 Å². The zero-order valence-electron chi connectivity index (χ0n) is 5.06. The molecule has 1 heterocycles. The second-order valence-electron chi connectivity index (χ2n) is 1.64. The maximum atomic E-state index is 4.72. The molecule has 0 aliphatic heterocycles. The average Bonchev–Trinajstić information content (AvgIpc) is 2.17. The number of aromatic amines is 2. The number of hydrogen-bond acceptors (Lipinski definition) is 3. The van der Waals surface area contributed by atoms with E-state index in [4.69, 9.17) is 12.2 Å². The van der Waals surface area contributed by atoms with Crippen molar-refractivity contribution < 1.29 is 0 Å². The lowest BCUT2D eigenvalue weighted by Crippen LogP contribution is -2.06. The molecule has 0 spiro atoms. The summed E-state index contributed by atoms with van der Waals surface area (Å²) >= 11 is 4.72. The molecule has 0 aliphatic rings. The molecule has 0 bridgehead atoms.